The number of anilines is 1. The van der Waals surface area contributed by atoms with Gasteiger partial charge < -0.3 is 19.1 Å². The molecule has 1 saturated heterocycles. The van der Waals surface area contributed by atoms with E-state index in [1.165, 1.54) is 0 Å². The first-order valence-corrected chi connectivity index (χ1v) is 10.9. The second-order valence-corrected chi connectivity index (χ2v) is 8.45. The van der Waals surface area contributed by atoms with Crippen LogP contribution in [0.4, 0.5) is 5.69 Å². The second-order valence-electron chi connectivity index (χ2n) is 8.04. The minimum Gasteiger partial charge on any atom is -0.495 e. The average Bonchev–Trinajstić information content (AvgIpc) is 3.35. The van der Waals surface area contributed by atoms with Crippen LogP contribution >= 0.6 is 11.6 Å². The van der Waals surface area contributed by atoms with Gasteiger partial charge in [0.15, 0.2) is 0 Å². The van der Waals surface area contributed by atoms with Crippen LogP contribution in [0.25, 0.3) is 22.2 Å². The number of ether oxygens (including phenoxy) is 1. The van der Waals surface area contributed by atoms with Crippen LogP contribution in [0.3, 0.4) is 0 Å². The lowest BCUT2D eigenvalue weighted by Crippen LogP contribution is -2.38. The molecule has 0 radical (unpaired) electrons. The van der Waals surface area contributed by atoms with Gasteiger partial charge in [0.1, 0.15) is 17.3 Å². The van der Waals surface area contributed by atoms with Crippen molar-refractivity contribution in [3.8, 4) is 16.9 Å². The van der Waals surface area contributed by atoms with Gasteiger partial charge >= 0.3 is 0 Å². The minimum absolute atomic E-state index is 0.0550. The first-order chi connectivity index (χ1) is 15.5. The molecule has 164 valence electrons. The Bertz CT molecular complexity index is 1310. The topological polar surface area (TPSA) is 84.2 Å². The lowest BCUT2D eigenvalue weighted by atomic mass is 10.00. The van der Waals surface area contributed by atoms with E-state index in [2.05, 4.69) is 16.2 Å². The van der Waals surface area contributed by atoms with E-state index in [4.69, 9.17) is 25.8 Å². The number of H-pyrrole nitrogens is 1. The normalized spacial score (nSPS) is 16.7. The maximum atomic E-state index is 12.9. The zero-order valence-electron chi connectivity index (χ0n) is 18.1. The van der Waals surface area contributed by atoms with Gasteiger partial charge in [-0.1, -0.05) is 22.8 Å². The Morgan fingerprint density at radius 1 is 1.22 bits per heavy atom. The van der Waals surface area contributed by atoms with Crippen molar-refractivity contribution in [3.05, 3.63) is 58.7 Å². The molecule has 0 saturated carbocycles. The number of carbonyl (C=O) groups is 1. The van der Waals surface area contributed by atoms with E-state index >= 15 is 0 Å². The van der Waals surface area contributed by atoms with Crippen LogP contribution in [0.5, 0.6) is 5.75 Å². The van der Waals surface area contributed by atoms with Gasteiger partial charge in [0.2, 0.25) is 5.91 Å². The van der Waals surface area contributed by atoms with Crippen molar-refractivity contribution in [2.45, 2.75) is 39.2 Å². The highest BCUT2D eigenvalue weighted by atomic mass is 35.5. The van der Waals surface area contributed by atoms with E-state index < -0.39 is 0 Å². The zero-order valence-corrected chi connectivity index (χ0v) is 18.9. The van der Waals surface area contributed by atoms with Crippen molar-refractivity contribution in [1.82, 2.24) is 15.1 Å². The van der Waals surface area contributed by atoms with E-state index in [0.29, 0.717) is 17.2 Å². The Balaban J connectivity index is 1.55. The first-order valence-electron chi connectivity index (χ1n) is 10.5. The van der Waals surface area contributed by atoms with Crippen LogP contribution in [0.1, 0.15) is 42.6 Å². The molecule has 2 aromatic carbocycles. The van der Waals surface area contributed by atoms with Gasteiger partial charge in [0.25, 0.3) is 0 Å². The van der Waals surface area contributed by atoms with E-state index in [0.717, 1.165) is 58.0 Å². The molecule has 1 aliphatic heterocycles. The third kappa shape index (κ3) is 3.42. The van der Waals surface area contributed by atoms with E-state index in [9.17, 15) is 4.79 Å². The number of aryl methyl sites for hydroxylation is 2. The Morgan fingerprint density at radius 2 is 2.06 bits per heavy atom. The number of methoxy groups -OCH3 is 1. The summed E-state index contributed by atoms with van der Waals surface area (Å²) in [6.07, 6.45) is 2.12. The number of hydrogen-bond acceptors (Lipinski definition) is 5. The molecule has 0 aliphatic carbocycles. The summed E-state index contributed by atoms with van der Waals surface area (Å²) in [7, 11) is 1.57. The molecule has 8 heteroatoms. The highest BCUT2D eigenvalue weighted by Crippen LogP contribution is 2.38. The molecule has 2 aromatic heterocycles. The number of fused-ring (bicyclic) bond motifs is 1. The third-order valence-corrected chi connectivity index (χ3v) is 6.30. The molecule has 7 nitrogen and oxygen atoms in total. The quantitative estimate of drug-likeness (QED) is 0.427. The summed E-state index contributed by atoms with van der Waals surface area (Å²) in [5, 5.41) is 4.53. The lowest BCUT2D eigenvalue weighted by molar-refractivity contribution is -0.120. The monoisotopic (exact) mass is 450 g/mol. The van der Waals surface area contributed by atoms with Crippen molar-refractivity contribution in [2.75, 3.05) is 12.0 Å². The molecule has 1 aliphatic rings. The van der Waals surface area contributed by atoms with E-state index in [-0.39, 0.29) is 11.9 Å². The third-order valence-electron chi connectivity index (χ3n) is 6.00. The number of nitrogens with one attached hydrogen (secondary N) is 1. The maximum absolute atomic E-state index is 12.9. The predicted octanol–water partition coefficient (Wildman–Crippen LogP) is 5.75. The molecule has 32 heavy (non-hydrogen) atoms. The number of imidazole rings is 1. The zero-order chi connectivity index (χ0) is 22.4. The van der Waals surface area contributed by atoms with Crippen LogP contribution in [0, 0.1) is 13.8 Å². The van der Waals surface area contributed by atoms with Gasteiger partial charge in [-0.05, 0) is 62.6 Å². The van der Waals surface area contributed by atoms with Crippen LogP contribution < -0.4 is 9.64 Å². The molecule has 3 heterocycles. The van der Waals surface area contributed by atoms with Crippen LogP contribution in [0.2, 0.25) is 5.02 Å². The van der Waals surface area contributed by atoms with Crippen molar-refractivity contribution < 1.29 is 14.1 Å². The van der Waals surface area contributed by atoms with Crippen molar-refractivity contribution in [1.29, 1.82) is 0 Å². The molecular weight excluding hydrogens is 428 g/mol. The number of hydrogen-bond donors (Lipinski definition) is 1. The highest BCUT2D eigenvalue weighted by Gasteiger charge is 2.33. The number of rotatable bonds is 4. The molecule has 4 aromatic rings. The van der Waals surface area contributed by atoms with Gasteiger partial charge in [-0.2, -0.15) is 0 Å². The molecule has 1 N–H and O–H groups in total. The summed E-state index contributed by atoms with van der Waals surface area (Å²) >= 11 is 6.35. The van der Waals surface area contributed by atoms with Gasteiger partial charge in [0, 0.05) is 17.7 Å². The number of benzene rings is 2. The highest BCUT2D eigenvalue weighted by molar-refractivity contribution is 6.32. The minimum atomic E-state index is -0.198. The summed E-state index contributed by atoms with van der Waals surface area (Å²) in [4.78, 5) is 23.0. The van der Waals surface area contributed by atoms with Gasteiger partial charge in [0.05, 0.1) is 34.9 Å². The Labute approximate surface area is 190 Å². The average molecular weight is 451 g/mol. The molecule has 1 fully saturated rings. The molecule has 5 rings (SSSR count). The molecule has 0 spiro atoms. The van der Waals surface area contributed by atoms with E-state index in [1.807, 2.05) is 32.0 Å². The summed E-state index contributed by atoms with van der Waals surface area (Å²) < 4.78 is 10.6. The number of carbonyl (C=O) groups excluding carboxylic acids is 1. The Hall–Kier alpha value is -3.32. The van der Waals surface area contributed by atoms with Crippen molar-refractivity contribution >= 4 is 34.2 Å². The number of halogens is 1. The summed E-state index contributed by atoms with van der Waals surface area (Å²) in [5.41, 5.74) is 5.35. The number of aromatic nitrogens is 3. The molecule has 0 bridgehead atoms. The van der Waals surface area contributed by atoms with Gasteiger partial charge in [-0.3, -0.25) is 4.79 Å². The fraction of sp³-hybridized carbons (Fsp3) is 0.292. The Morgan fingerprint density at radius 3 is 2.78 bits per heavy atom. The van der Waals surface area contributed by atoms with Crippen LogP contribution in [0.15, 0.2) is 40.9 Å². The molecule has 1 atom stereocenters. The second kappa shape index (κ2) is 7.98. The SMILES string of the molecule is COc1ccc(N2C(=O)CCC[C@H]2c2nc3ccc(-c4c(C)noc4C)cc3[nH]2)cc1Cl. The lowest BCUT2D eigenvalue weighted by Gasteiger charge is -2.34. The molecule has 1 amide bonds. The number of piperidine rings is 1. The van der Waals surface area contributed by atoms with Gasteiger partial charge in [-0.25, -0.2) is 4.98 Å². The molecular formula is C24H23ClN4O3. The van der Waals surface area contributed by atoms with E-state index in [1.54, 1.807) is 24.1 Å². The van der Waals surface area contributed by atoms with Crippen molar-refractivity contribution in [3.63, 3.8) is 0 Å². The fourth-order valence-electron chi connectivity index (χ4n) is 4.50. The first kappa shape index (κ1) is 20.6. The van der Waals surface area contributed by atoms with Gasteiger partial charge in [-0.15, -0.1) is 0 Å². The van der Waals surface area contributed by atoms with Crippen LogP contribution in [-0.4, -0.2) is 28.1 Å². The number of aromatic amines is 1. The smallest absolute Gasteiger partial charge is 0.227 e. The largest absolute Gasteiger partial charge is 0.495 e. The number of amides is 1. The summed E-state index contributed by atoms with van der Waals surface area (Å²) in [6, 6.07) is 11.3. The summed E-state index contributed by atoms with van der Waals surface area (Å²) in [6.45, 7) is 3.84. The number of nitrogens with zero attached hydrogens (tertiary/aromatic N) is 3. The predicted molar refractivity (Wildman–Crippen MR) is 123 cm³/mol. The standard InChI is InChI=1S/C24H23ClN4O3/c1-13-23(14(2)32-28-13)15-7-9-18-19(11-15)27-24(26-18)20-5-4-6-22(30)29(20)16-8-10-21(31-3)17(25)12-16/h7-12,20H,4-6H2,1-3H3,(H,26,27)/t20-/m0/s1. The van der Waals surface area contributed by atoms with Crippen LogP contribution in [-0.2, 0) is 4.79 Å². The fourth-order valence-corrected chi connectivity index (χ4v) is 4.75. The summed E-state index contributed by atoms with van der Waals surface area (Å²) in [5.74, 6) is 2.17. The molecule has 0 unspecified atom stereocenters. The van der Waals surface area contributed by atoms with Crippen molar-refractivity contribution in [2.24, 2.45) is 0 Å². The Kier molecular flexibility index (Phi) is 5.13. The maximum Gasteiger partial charge on any atom is 0.227 e.